The summed E-state index contributed by atoms with van der Waals surface area (Å²) in [5.41, 5.74) is 1.66. The second kappa shape index (κ2) is 7.46. The van der Waals surface area contributed by atoms with Gasteiger partial charge >= 0.3 is 0 Å². The predicted octanol–water partition coefficient (Wildman–Crippen LogP) is 2.62. The lowest BCUT2D eigenvalue weighted by Gasteiger charge is -2.24. The minimum absolute atomic E-state index is 0.277. The van der Waals surface area contributed by atoms with Gasteiger partial charge in [0.2, 0.25) is 0 Å². The van der Waals surface area contributed by atoms with Crippen LogP contribution < -0.4 is 5.32 Å². The van der Waals surface area contributed by atoms with Gasteiger partial charge in [-0.2, -0.15) is 0 Å². The van der Waals surface area contributed by atoms with Crippen molar-refractivity contribution in [3.8, 4) is 0 Å². The molecule has 96 valence electrons. The van der Waals surface area contributed by atoms with Crippen molar-refractivity contribution < 1.29 is 5.11 Å². The van der Waals surface area contributed by atoms with Crippen LogP contribution in [-0.2, 0) is 6.42 Å². The summed E-state index contributed by atoms with van der Waals surface area (Å²) >= 11 is 0. The highest BCUT2D eigenvalue weighted by Gasteiger charge is 2.16. The number of hydrogen-bond donors (Lipinski definition) is 2. The number of nitrogens with one attached hydrogen (secondary N) is 1. The van der Waals surface area contributed by atoms with E-state index in [-0.39, 0.29) is 5.41 Å². The number of aliphatic hydroxyl groups excluding tert-OH is 1. The lowest BCUT2D eigenvalue weighted by atomic mass is 9.88. The molecule has 0 aliphatic rings. The fourth-order valence-electron chi connectivity index (χ4n) is 1.95. The van der Waals surface area contributed by atoms with E-state index < -0.39 is 0 Å². The van der Waals surface area contributed by atoms with Gasteiger partial charge in [0.1, 0.15) is 0 Å². The van der Waals surface area contributed by atoms with Gasteiger partial charge in [-0.05, 0) is 36.8 Å². The monoisotopic (exact) mass is 235 g/mol. The average Bonchev–Trinajstić information content (AvgIpc) is 2.34. The molecule has 1 rings (SSSR count). The molecule has 0 aromatic heterocycles. The molecule has 0 aliphatic carbocycles. The number of aliphatic hydroxyl groups is 1. The molecular formula is C15H25NO. The molecule has 0 heterocycles. The molecule has 0 atom stereocenters. The Hall–Kier alpha value is -0.860. The van der Waals surface area contributed by atoms with Crippen LogP contribution >= 0.6 is 0 Å². The van der Waals surface area contributed by atoms with E-state index in [1.165, 1.54) is 5.56 Å². The number of benzene rings is 1. The van der Waals surface area contributed by atoms with E-state index in [9.17, 15) is 0 Å². The summed E-state index contributed by atoms with van der Waals surface area (Å²) in [5, 5.41) is 12.3. The van der Waals surface area contributed by atoms with Gasteiger partial charge in [0.15, 0.2) is 0 Å². The van der Waals surface area contributed by atoms with Crippen molar-refractivity contribution in [1.82, 2.24) is 5.32 Å². The highest BCUT2D eigenvalue weighted by molar-refractivity contribution is 5.14. The van der Waals surface area contributed by atoms with Gasteiger partial charge in [-0.3, -0.25) is 0 Å². The largest absolute Gasteiger partial charge is 0.396 e. The summed E-state index contributed by atoms with van der Waals surface area (Å²) in [6, 6.07) is 10.5. The summed E-state index contributed by atoms with van der Waals surface area (Å²) in [6.45, 7) is 6.83. The van der Waals surface area contributed by atoms with Gasteiger partial charge in [0.05, 0.1) is 0 Å². The predicted molar refractivity (Wildman–Crippen MR) is 73.1 cm³/mol. The Kier molecular flexibility index (Phi) is 6.23. The molecule has 0 spiro atoms. The Labute approximate surface area is 105 Å². The minimum Gasteiger partial charge on any atom is -0.396 e. The third-order valence-corrected chi connectivity index (χ3v) is 3.05. The molecule has 0 bridgehead atoms. The first-order valence-corrected chi connectivity index (χ1v) is 6.49. The van der Waals surface area contributed by atoms with E-state index in [0.717, 1.165) is 32.4 Å². The van der Waals surface area contributed by atoms with Crippen LogP contribution in [0.5, 0.6) is 0 Å². The van der Waals surface area contributed by atoms with Crippen LogP contribution in [0.25, 0.3) is 0 Å². The lowest BCUT2D eigenvalue weighted by Crippen LogP contribution is -2.31. The molecule has 1 aromatic carbocycles. The molecule has 2 nitrogen and oxygen atoms in total. The molecular weight excluding hydrogens is 210 g/mol. The highest BCUT2D eigenvalue weighted by atomic mass is 16.2. The van der Waals surface area contributed by atoms with Crippen LogP contribution in [0.15, 0.2) is 30.3 Å². The Balaban J connectivity index is 2.15. The molecule has 17 heavy (non-hydrogen) atoms. The Bertz CT molecular complexity index is 295. The molecule has 2 heteroatoms. The number of rotatable bonds is 8. The summed E-state index contributed by atoms with van der Waals surface area (Å²) < 4.78 is 0. The molecule has 0 aliphatic heterocycles. The van der Waals surface area contributed by atoms with Crippen LogP contribution in [0.4, 0.5) is 0 Å². The molecule has 2 N–H and O–H groups in total. The minimum atomic E-state index is 0.277. The van der Waals surface area contributed by atoms with E-state index in [0.29, 0.717) is 6.61 Å². The van der Waals surface area contributed by atoms with Gasteiger partial charge in [-0.25, -0.2) is 0 Å². The molecule has 0 unspecified atom stereocenters. The van der Waals surface area contributed by atoms with Crippen molar-refractivity contribution in [2.24, 2.45) is 5.41 Å². The van der Waals surface area contributed by atoms with Gasteiger partial charge in [0.25, 0.3) is 0 Å². The van der Waals surface area contributed by atoms with Crippen molar-refractivity contribution in [2.75, 3.05) is 19.7 Å². The smallest absolute Gasteiger partial charge is 0.0431 e. The van der Waals surface area contributed by atoms with Crippen molar-refractivity contribution in [2.45, 2.75) is 33.1 Å². The van der Waals surface area contributed by atoms with E-state index >= 15 is 0 Å². The molecule has 0 fully saturated rings. The second-order valence-corrected chi connectivity index (χ2v) is 5.40. The van der Waals surface area contributed by atoms with Gasteiger partial charge in [-0.1, -0.05) is 44.2 Å². The topological polar surface area (TPSA) is 32.3 Å². The molecule has 0 saturated heterocycles. The van der Waals surface area contributed by atoms with E-state index in [2.05, 4.69) is 49.5 Å². The van der Waals surface area contributed by atoms with Crippen molar-refractivity contribution >= 4 is 0 Å². The fraction of sp³-hybridized carbons (Fsp3) is 0.600. The van der Waals surface area contributed by atoms with Gasteiger partial charge < -0.3 is 10.4 Å². The fourth-order valence-corrected chi connectivity index (χ4v) is 1.95. The maximum atomic E-state index is 8.83. The van der Waals surface area contributed by atoms with E-state index in [1.807, 2.05) is 0 Å². The first-order chi connectivity index (χ1) is 8.14. The maximum absolute atomic E-state index is 8.83. The zero-order valence-electron chi connectivity index (χ0n) is 11.1. The first kappa shape index (κ1) is 14.2. The Morgan fingerprint density at radius 3 is 2.53 bits per heavy atom. The van der Waals surface area contributed by atoms with Gasteiger partial charge in [0, 0.05) is 13.2 Å². The van der Waals surface area contributed by atoms with Crippen molar-refractivity contribution in [3.63, 3.8) is 0 Å². The SMILES string of the molecule is CC(C)(CCCO)CNCCc1ccccc1. The average molecular weight is 235 g/mol. The summed E-state index contributed by atoms with van der Waals surface area (Å²) in [5.74, 6) is 0. The molecule has 0 amide bonds. The third kappa shape index (κ3) is 6.44. The summed E-state index contributed by atoms with van der Waals surface area (Å²) in [7, 11) is 0. The maximum Gasteiger partial charge on any atom is 0.0431 e. The van der Waals surface area contributed by atoms with Crippen molar-refractivity contribution in [3.05, 3.63) is 35.9 Å². The quantitative estimate of drug-likeness (QED) is 0.679. The zero-order valence-corrected chi connectivity index (χ0v) is 11.1. The molecule has 1 aromatic rings. The second-order valence-electron chi connectivity index (χ2n) is 5.40. The van der Waals surface area contributed by atoms with Gasteiger partial charge in [-0.15, -0.1) is 0 Å². The molecule has 0 radical (unpaired) electrons. The summed E-state index contributed by atoms with van der Waals surface area (Å²) in [6.07, 6.45) is 3.05. The van der Waals surface area contributed by atoms with Crippen LogP contribution in [0.2, 0.25) is 0 Å². The zero-order chi connectivity index (χ0) is 12.6. The van der Waals surface area contributed by atoms with E-state index in [4.69, 9.17) is 5.11 Å². The third-order valence-electron chi connectivity index (χ3n) is 3.05. The van der Waals surface area contributed by atoms with Crippen LogP contribution in [0, 0.1) is 5.41 Å². The van der Waals surface area contributed by atoms with Crippen LogP contribution in [0.3, 0.4) is 0 Å². The highest BCUT2D eigenvalue weighted by Crippen LogP contribution is 2.20. The van der Waals surface area contributed by atoms with Crippen LogP contribution in [0.1, 0.15) is 32.3 Å². The molecule has 0 saturated carbocycles. The Morgan fingerprint density at radius 1 is 1.18 bits per heavy atom. The lowest BCUT2D eigenvalue weighted by molar-refractivity contribution is 0.237. The first-order valence-electron chi connectivity index (χ1n) is 6.49. The number of hydrogen-bond acceptors (Lipinski definition) is 2. The Morgan fingerprint density at radius 2 is 1.88 bits per heavy atom. The van der Waals surface area contributed by atoms with Crippen LogP contribution in [-0.4, -0.2) is 24.8 Å². The van der Waals surface area contributed by atoms with Crippen molar-refractivity contribution in [1.29, 1.82) is 0 Å². The van der Waals surface area contributed by atoms with E-state index in [1.54, 1.807) is 0 Å². The normalized spacial score (nSPS) is 11.7. The standard InChI is InChI=1S/C15H25NO/c1-15(2,10-6-12-17)13-16-11-9-14-7-4-3-5-8-14/h3-5,7-8,16-17H,6,9-13H2,1-2H3. The summed E-state index contributed by atoms with van der Waals surface area (Å²) in [4.78, 5) is 0.